The van der Waals surface area contributed by atoms with Crippen LogP contribution in [0.15, 0.2) is 30.6 Å². The molecule has 0 atom stereocenters. The van der Waals surface area contributed by atoms with E-state index in [0.29, 0.717) is 18.9 Å². The first-order valence-corrected chi connectivity index (χ1v) is 6.21. The second-order valence-electron chi connectivity index (χ2n) is 4.45. The molecule has 1 N–H and O–H groups in total. The number of anilines is 1. The summed E-state index contributed by atoms with van der Waals surface area (Å²) in [6.07, 6.45) is 4.06. The average Bonchev–Trinajstić information content (AvgIpc) is 2.40. The highest BCUT2D eigenvalue weighted by Gasteiger charge is 2.03. The summed E-state index contributed by atoms with van der Waals surface area (Å²) in [6, 6.07) is 8.39. The lowest BCUT2D eigenvalue weighted by atomic mass is 10.0. The van der Waals surface area contributed by atoms with Crippen molar-refractivity contribution >= 4 is 5.95 Å². The Kier molecular flexibility index (Phi) is 4.09. The van der Waals surface area contributed by atoms with Gasteiger partial charge in [0.1, 0.15) is 0 Å². The van der Waals surface area contributed by atoms with Gasteiger partial charge in [-0.25, -0.2) is 9.97 Å². The molecule has 0 aliphatic heterocycles. The van der Waals surface area contributed by atoms with Crippen LogP contribution in [-0.4, -0.2) is 16.5 Å². The predicted molar refractivity (Wildman–Crippen MR) is 75.7 cm³/mol. The molecule has 0 spiro atoms. The van der Waals surface area contributed by atoms with Gasteiger partial charge in [0.15, 0.2) is 0 Å². The van der Waals surface area contributed by atoms with Gasteiger partial charge < -0.3 is 5.32 Å². The third-order valence-electron chi connectivity index (χ3n) is 2.86. The van der Waals surface area contributed by atoms with E-state index >= 15 is 0 Å². The monoisotopic (exact) mass is 252 g/mol. The van der Waals surface area contributed by atoms with Gasteiger partial charge in [-0.1, -0.05) is 23.8 Å². The van der Waals surface area contributed by atoms with Gasteiger partial charge >= 0.3 is 0 Å². The van der Waals surface area contributed by atoms with Crippen LogP contribution in [0.4, 0.5) is 5.95 Å². The van der Waals surface area contributed by atoms with E-state index in [-0.39, 0.29) is 0 Å². The molecule has 4 nitrogen and oxygen atoms in total. The molecule has 0 amide bonds. The third-order valence-corrected chi connectivity index (χ3v) is 2.86. The lowest BCUT2D eigenvalue weighted by molar-refractivity contribution is 1.02. The fraction of sp³-hybridized carbons (Fsp3) is 0.267. The number of hydrogen-bond donors (Lipinski definition) is 1. The topological polar surface area (TPSA) is 61.6 Å². The molecule has 0 saturated carbocycles. The van der Waals surface area contributed by atoms with Gasteiger partial charge in [0.2, 0.25) is 5.95 Å². The van der Waals surface area contributed by atoms with Gasteiger partial charge in [-0.2, -0.15) is 5.26 Å². The molecule has 0 fully saturated rings. The number of rotatable bonds is 4. The molecule has 1 aromatic carbocycles. The third kappa shape index (κ3) is 3.29. The summed E-state index contributed by atoms with van der Waals surface area (Å²) in [6.45, 7) is 4.73. The Bertz CT molecular complexity index is 597. The number of hydrogen-bond acceptors (Lipinski definition) is 4. The van der Waals surface area contributed by atoms with Crippen molar-refractivity contribution in [2.45, 2.75) is 20.3 Å². The molecular weight excluding hydrogens is 236 g/mol. The molecule has 2 rings (SSSR count). The number of nitrogens with zero attached hydrogens (tertiary/aromatic N) is 3. The molecular formula is C15H16N4. The van der Waals surface area contributed by atoms with Crippen molar-refractivity contribution in [3.05, 3.63) is 41.7 Å². The molecule has 2 aromatic rings. The van der Waals surface area contributed by atoms with Crippen molar-refractivity contribution in [2.24, 2.45) is 0 Å². The predicted octanol–water partition coefficient (Wildman–Crippen LogP) is 3.09. The van der Waals surface area contributed by atoms with Crippen LogP contribution in [0, 0.1) is 25.2 Å². The normalized spacial score (nSPS) is 9.95. The van der Waals surface area contributed by atoms with Crippen LogP contribution in [0.2, 0.25) is 0 Å². The van der Waals surface area contributed by atoms with E-state index in [0.717, 1.165) is 11.1 Å². The number of nitriles is 1. The van der Waals surface area contributed by atoms with Crippen LogP contribution in [0.25, 0.3) is 11.1 Å². The van der Waals surface area contributed by atoms with E-state index in [1.54, 1.807) is 12.4 Å². The first-order valence-electron chi connectivity index (χ1n) is 6.21. The van der Waals surface area contributed by atoms with Gasteiger partial charge in [0, 0.05) is 24.5 Å². The zero-order valence-corrected chi connectivity index (χ0v) is 11.1. The maximum Gasteiger partial charge on any atom is 0.222 e. The summed E-state index contributed by atoms with van der Waals surface area (Å²) in [7, 11) is 0. The Morgan fingerprint density at radius 2 is 1.95 bits per heavy atom. The van der Waals surface area contributed by atoms with Gasteiger partial charge in [0.05, 0.1) is 12.5 Å². The fourth-order valence-electron chi connectivity index (χ4n) is 1.93. The molecule has 0 bridgehead atoms. The minimum atomic E-state index is 0.447. The van der Waals surface area contributed by atoms with Crippen LogP contribution in [-0.2, 0) is 0 Å². The number of benzene rings is 1. The number of nitrogens with one attached hydrogen (secondary N) is 1. The van der Waals surface area contributed by atoms with E-state index in [1.165, 1.54) is 11.1 Å². The number of aryl methyl sites for hydroxylation is 2. The quantitative estimate of drug-likeness (QED) is 0.849. The van der Waals surface area contributed by atoms with Crippen molar-refractivity contribution in [3.63, 3.8) is 0 Å². The Morgan fingerprint density at radius 3 is 2.58 bits per heavy atom. The van der Waals surface area contributed by atoms with Crippen LogP contribution in [0.1, 0.15) is 17.5 Å². The highest BCUT2D eigenvalue weighted by molar-refractivity contribution is 5.66. The Morgan fingerprint density at radius 1 is 1.21 bits per heavy atom. The second-order valence-corrected chi connectivity index (χ2v) is 4.45. The van der Waals surface area contributed by atoms with E-state index in [2.05, 4.69) is 53.4 Å². The Hall–Kier alpha value is -2.41. The first kappa shape index (κ1) is 13.0. The molecule has 0 aliphatic carbocycles. The first-order chi connectivity index (χ1) is 9.20. The SMILES string of the molecule is Cc1ccc(-c2cnc(NCCC#N)nc2)c(C)c1. The summed E-state index contributed by atoms with van der Waals surface area (Å²) in [5.74, 6) is 0.559. The largest absolute Gasteiger partial charge is 0.353 e. The maximum atomic E-state index is 8.46. The molecule has 1 aromatic heterocycles. The molecule has 0 radical (unpaired) electrons. The lowest BCUT2D eigenvalue weighted by Gasteiger charge is -2.07. The molecule has 0 unspecified atom stereocenters. The summed E-state index contributed by atoms with van der Waals surface area (Å²) >= 11 is 0. The number of aromatic nitrogens is 2. The average molecular weight is 252 g/mol. The molecule has 0 saturated heterocycles. The summed E-state index contributed by atoms with van der Waals surface area (Å²) < 4.78 is 0. The minimum absolute atomic E-state index is 0.447. The summed E-state index contributed by atoms with van der Waals surface area (Å²) in [4.78, 5) is 8.52. The zero-order chi connectivity index (χ0) is 13.7. The molecule has 4 heteroatoms. The standard InChI is InChI=1S/C15H16N4/c1-11-4-5-14(12(2)8-11)13-9-18-15(19-10-13)17-7-3-6-16/h4-5,8-10H,3,7H2,1-2H3,(H,17,18,19). The Balaban J connectivity index is 2.16. The van der Waals surface area contributed by atoms with E-state index in [1.807, 2.05) is 0 Å². The molecule has 0 aliphatic rings. The molecule has 96 valence electrons. The van der Waals surface area contributed by atoms with Gasteiger partial charge in [-0.15, -0.1) is 0 Å². The van der Waals surface area contributed by atoms with Crippen LogP contribution < -0.4 is 5.32 Å². The van der Waals surface area contributed by atoms with Crippen molar-refractivity contribution in [2.75, 3.05) is 11.9 Å². The fourth-order valence-corrected chi connectivity index (χ4v) is 1.93. The highest BCUT2D eigenvalue weighted by Crippen LogP contribution is 2.23. The van der Waals surface area contributed by atoms with Gasteiger partial charge in [-0.3, -0.25) is 0 Å². The van der Waals surface area contributed by atoms with Crippen molar-refractivity contribution < 1.29 is 0 Å². The van der Waals surface area contributed by atoms with Gasteiger partial charge in [-0.05, 0) is 25.0 Å². The highest BCUT2D eigenvalue weighted by atomic mass is 15.1. The summed E-state index contributed by atoms with van der Waals surface area (Å²) in [5.41, 5.74) is 4.61. The smallest absolute Gasteiger partial charge is 0.222 e. The van der Waals surface area contributed by atoms with Crippen LogP contribution in [0.3, 0.4) is 0 Å². The van der Waals surface area contributed by atoms with Crippen molar-refractivity contribution in [1.82, 2.24) is 9.97 Å². The molecule has 1 heterocycles. The molecule has 19 heavy (non-hydrogen) atoms. The van der Waals surface area contributed by atoms with Crippen LogP contribution in [0.5, 0.6) is 0 Å². The van der Waals surface area contributed by atoms with E-state index in [4.69, 9.17) is 5.26 Å². The van der Waals surface area contributed by atoms with Crippen molar-refractivity contribution in [1.29, 1.82) is 5.26 Å². The second kappa shape index (κ2) is 5.96. The van der Waals surface area contributed by atoms with Gasteiger partial charge in [0.25, 0.3) is 0 Å². The maximum absolute atomic E-state index is 8.46. The lowest BCUT2D eigenvalue weighted by Crippen LogP contribution is -2.04. The summed E-state index contributed by atoms with van der Waals surface area (Å²) in [5, 5.41) is 11.5. The van der Waals surface area contributed by atoms with Crippen LogP contribution >= 0.6 is 0 Å². The zero-order valence-electron chi connectivity index (χ0n) is 11.1. The Labute approximate surface area is 113 Å². The van der Waals surface area contributed by atoms with E-state index < -0.39 is 0 Å². The minimum Gasteiger partial charge on any atom is -0.353 e. The van der Waals surface area contributed by atoms with Crippen molar-refractivity contribution in [3.8, 4) is 17.2 Å². The van der Waals surface area contributed by atoms with E-state index in [9.17, 15) is 0 Å².